The zero-order chi connectivity index (χ0) is 13.7. The summed E-state index contributed by atoms with van der Waals surface area (Å²) in [7, 11) is 0. The smallest absolute Gasteiger partial charge is 0.252 e. The van der Waals surface area contributed by atoms with Crippen LogP contribution >= 0.6 is 15.9 Å². The fraction of sp³-hybridized carbons (Fsp3) is 0.533. The number of carbonyl (C=O) groups is 1. The van der Waals surface area contributed by atoms with Crippen LogP contribution in [-0.2, 0) is 16.0 Å². The molecule has 0 spiro atoms. The molecule has 1 saturated heterocycles. The number of nitrogens with one attached hydrogen (secondary N) is 1. The molecule has 2 rings (SSSR count). The lowest BCUT2D eigenvalue weighted by atomic mass is 10.0. The highest BCUT2D eigenvalue weighted by Crippen LogP contribution is 2.25. The van der Waals surface area contributed by atoms with Crippen molar-refractivity contribution in [3.63, 3.8) is 0 Å². The van der Waals surface area contributed by atoms with Crippen molar-refractivity contribution in [2.24, 2.45) is 0 Å². The maximum Gasteiger partial charge on any atom is 0.252 e. The number of alkyl halides is 1. The molecule has 0 aromatic heterocycles. The molecule has 0 saturated carbocycles. The summed E-state index contributed by atoms with van der Waals surface area (Å²) in [5.74, 6) is 0.00498. The summed E-state index contributed by atoms with van der Waals surface area (Å²) in [5, 5.41) is 3.83. The van der Waals surface area contributed by atoms with E-state index in [1.165, 1.54) is 5.56 Å². The maximum absolute atomic E-state index is 12.3. The Morgan fingerprint density at radius 3 is 2.79 bits per heavy atom. The first-order chi connectivity index (χ1) is 9.14. The van der Waals surface area contributed by atoms with Crippen LogP contribution in [-0.4, -0.2) is 29.5 Å². The van der Waals surface area contributed by atoms with Gasteiger partial charge in [0.2, 0.25) is 0 Å². The number of amides is 1. The predicted molar refractivity (Wildman–Crippen MR) is 79.5 cm³/mol. The average molecular weight is 326 g/mol. The van der Waals surface area contributed by atoms with Crippen LogP contribution in [0.15, 0.2) is 30.3 Å². The van der Waals surface area contributed by atoms with E-state index in [0.29, 0.717) is 6.61 Å². The standard InChI is InChI=1S/C15H20BrNO2/c1-15(8-5-9-19-15)14(18)17-13(11-16)10-12-6-3-2-4-7-12/h2-4,6-7,13H,5,8-11H2,1H3,(H,17,18). The van der Waals surface area contributed by atoms with Crippen molar-refractivity contribution in [2.45, 2.75) is 37.8 Å². The van der Waals surface area contributed by atoms with E-state index < -0.39 is 5.60 Å². The van der Waals surface area contributed by atoms with Gasteiger partial charge in [-0.1, -0.05) is 46.3 Å². The van der Waals surface area contributed by atoms with Crippen molar-refractivity contribution in [3.8, 4) is 0 Å². The second-order valence-electron chi connectivity index (χ2n) is 5.20. The molecule has 2 atom stereocenters. The number of ether oxygens (including phenoxy) is 1. The molecule has 0 radical (unpaired) electrons. The van der Waals surface area contributed by atoms with E-state index in [1.807, 2.05) is 25.1 Å². The van der Waals surface area contributed by atoms with Crippen LogP contribution < -0.4 is 5.32 Å². The van der Waals surface area contributed by atoms with E-state index in [0.717, 1.165) is 24.6 Å². The van der Waals surface area contributed by atoms with Crippen LogP contribution in [0, 0.1) is 0 Å². The van der Waals surface area contributed by atoms with Gasteiger partial charge in [0, 0.05) is 18.0 Å². The average Bonchev–Trinajstić information content (AvgIpc) is 2.87. The molecule has 1 aromatic rings. The SMILES string of the molecule is CC1(C(=O)NC(CBr)Cc2ccccc2)CCCO1. The Morgan fingerprint density at radius 1 is 1.47 bits per heavy atom. The summed E-state index contributed by atoms with van der Waals surface area (Å²) in [4.78, 5) is 12.3. The summed E-state index contributed by atoms with van der Waals surface area (Å²) in [6.07, 6.45) is 2.59. The third-order valence-electron chi connectivity index (χ3n) is 3.55. The van der Waals surface area contributed by atoms with Crippen LogP contribution in [0.3, 0.4) is 0 Å². The highest BCUT2D eigenvalue weighted by atomic mass is 79.9. The highest BCUT2D eigenvalue weighted by molar-refractivity contribution is 9.09. The highest BCUT2D eigenvalue weighted by Gasteiger charge is 2.38. The summed E-state index contributed by atoms with van der Waals surface area (Å²) >= 11 is 3.47. The molecule has 1 N–H and O–H groups in total. The van der Waals surface area contributed by atoms with Crippen LogP contribution in [0.5, 0.6) is 0 Å². The summed E-state index contributed by atoms with van der Waals surface area (Å²) < 4.78 is 5.57. The second-order valence-corrected chi connectivity index (χ2v) is 5.84. The monoisotopic (exact) mass is 325 g/mol. The largest absolute Gasteiger partial charge is 0.365 e. The molecule has 0 bridgehead atoms. The second kappa shape index (κ2) is 6.53. The Bertz CT molecular complexity index is 415. The van der Waals surface area contributed by atoms with Gasteiger partial charge in [-0.05, 0) is 31.7 Å². The third kappa shape index (κ3) is 3.80. The lowest BCUT2D eigenvalue weighted by Gasteiger charge is -2.25. The van der Waals surface area contributed by atoms with E-state index in [4.69, 9.17) is 4.74 Å². The Hall–Kier alpha value is -0.870. The van der Waals surface area contributed by atoms with Crippen LogP contribution in [0.1, 0.15) is 25.3 Å². The molecule has 1 fully saturated rings. The van der Waals surface area contributed by atoms with Gasteiger partial charge in [0.05, 0.1) is 0 Å². The number of hydrogen-bond donors (Lipinski definition) is 1. The summed E-state index contributed by atoms with van der Waals surface area (Å²) in [6, 6.07) is 10.3. The number of rotatable bonds is 5. The summed E-state index contributed by atoms with van der Waals surface area (Å²) in [5.41, 5.74) is 0.585. The molecule has 1 aliphatic rings. The maximum atomic E-state index is 12.3. The van der Waals surface area contributed by atoms with Crippen LogP contribution in [0.4, 0.5) is 0 Å². The van der Waals surface area contributed by atoms with Crippen LogP contribution in [0.25, 0.3) is 0 Å². The molecule has 2 unspecified atom stereocenters. The van der Waals surface area contributed by atoms with Gasteiger partial charge >= 0.3 is 0 Å². The first kappa shape index (κ1) is 14.5. The van der Waals surface area contributed by atoms with Crippen LogP contribution in [0.2, 0.25) is 0 Å². The molecule has 1 aliphatic heterocycles. The van der Waals surface area contributed by atoms with Gasteiger partial charge in [-0.15, -0.1) is 0 Å². The molecule has 1 amide bonds. The van der Waals surface area contributed by atoms with Gasteiger partial charge < -0.3 is 10.1 Å². The minimum absolute atomic E-state index is 0.00498. The molecule has 104 valence electrons. The van der Waals surface area contributed by atoms with Crippen molar-refractivity contribution >= 4 is 21.8 Å². The Labute approximate surface area is 122 Å². The van der Waals surface area contributed by atoms with Gasteiger partial charge in [-0.3, -0.25) is 4.79 Å². The van der Waals surface area contributed by atoms with E-state index in [1.54, 1.807) is 0 Å². The molecular weight excluding hydrogens is 306 g/mol. The predicted octanol–water partition coefficient (Wildman–Crippen LogP) is 2.68. The molecule has 4 heteroatoms. The lowest BCUT2D eigenvalue weighted by Crippen LogP contribution is -2.49. The van der Waals surface area contributed by atoms with Gasteiger partial charge in [-0.25, -0.2) is 0 Å². The van der Waals surface area contributed by atoms with Crippen molar-refractivity contribution in [2.75, 3.05) is 11.9 Å². The van der Waals surface area contributed by atoms with E-state index in [9.17, 15) is 4.79 Å². The van der Waals surface area contributed by atoms with Crippen molar-refractivity contribution < 1.29 is 9.53 Å². The molecule has 0 aliphatic carbocycles. The molecule has 1 aromatic carbocycles. The first-order valence-corrected chi connectivity index (χ1v) is 7.81. The molecule has 19 heavy (non-hydrogen) atoms. The van der Waals surface area contributed by atoms with Gasteiger partial charge in [0.1, 0.15) is 5.60 Å². The van der Waals surface area contributed by atoms with E-state index in [-0.39, 0.29) is 11.9 Å². The van der Waals surface area contributed by atoms with Crippen molar-refractivity contribution in [3.05, 3.63) is 35.9 Å². The number of carbonyl (C=O) groups excluding carboxylic acids is 1. The van der Waals surface area contributed by atoms with Crippen molar-refractivity contribution in [1.29, 1.82) is 0 Å². The first-order valence-electron chi connectivity index (χ1n) is 6.69. The number of benzene rings is 1. The zero-order valence-corrected chi connectivity index (χ0v) is 12.8. The van der Waals surface area contributed by atoms with Gasteiger partial charge in [0.15, 0.2) is 0 Å². The molecule has 1 heterocycles. The fourth-order valence-electron chi connectivity index (χ4n) is 2.34. The Balaban J connectivity index is 1.94. The molecular formula is C15H20BrNO2. The van der Waals surface area contributed by atoms with Gasteiger partial charge in [0.25, 0.3) is 5.91 Å². The number of halogens is 1. The number of hydrogen-bond acceptors (Lipinski definition) is 2. The Morgan fingerprint density at radius 2 is 2.21 bits per heavy atom. The summed E-state index contributed by atoms with van der Waals surface area (Å²) in [6.45, 7) is 2.56. The topological polar surface area (TPSA) is 38.3 Å². The quantitative estimate of drug-likeness (QED) is 0.845. The molecule has 3 nitrogen and oxygen atoms in total. The van der Waals surface area contributed by atoms with E-state index >= 15 is 0 Å². The van der Waals surface area contributed by atoms with E-state index in [2.05, 4.69) is 33.4 Å². The third-order valence-corrected chi connectivity index (χ3v) is 4.33. The van der Waals surface area contributed by atoms with Gasteiger partial charge in [-0.2, -0.15) is 0 Å². The fourth-order valence-corrected chi connectivity index (χ4v) is 2.73. The lowest BCUT2D eigenvalue weighted by molar-refractivity contribution is -0.140. The Kier molecular flexibility index (Phi) is 4.99. The van der Waals surface area contributed by atoms with Crippen molar-refractivity contribution in [1.82, 2.24) is 5.32 Å². The normalized spacial score (nSPS) is 24.1. The zero-order valence-electron chi connectivity index (χ0n) is 11.2. The minimum Gasteiger partial charge on any atom is -0.365 e. The minimum atomic E-state index is -0.642.